The maximum atomic E-state index is 10.7. The normalized spacial score (nSPS) is 14.5. The number of halogens is 2. The van der Waals surface area contributed by atoms with Crippen molar-refractivity contribution in [1.29, 1.82) is 0 Å². The fourth-order valence-corrected chi connectivity index (χ4v) is 4.29. The van der Waals surface area contributed by atoms with Gasteiger partial charge in [-0.3, -0.25) is 4.99 Å². The number of phenols is 1. The first kappa shape index (κ1) is 21.9. The van der Waals surface area contributed by atoms with Crippen LogP contribution in [0, 0.1) is 0 Å². The van der Waals surface area contributed by atoms with E-state index in [9.17, 15) is 5.11 Å². The van der Waals surface area contributed by atoms with Gasteiger partial charge in [-0.15, -0.1) is 0 Å². The third-order valence-electron chi connectivity index (χ3n) is 4.55. The Labute approximate surface area is 176 Å². The molecule has 0 heterocycles. The van der Waals surface area contributed by atoms with Gasteiger partial charge in [0.15, 0.2) is 0 Å². The molecule has 0 unspecified atom stereocenters. The fourth-order valence-electron chi connectivity index (χ4n) is 2.85. The molecule has 0 atom stereocenters. The second-order valence-corrected chi connectivity index (χ2v) is 16.3. The molecule has 1 aliphatic rings. The van der Waals surface area contributed by atoms with Crippen LogP contribution in [0.15, 0.2) is 47.5 Å². The van der Waals surface area contributed by atoms with Crippen molar-refractivity contribution >= 4 is 36.5 Å². The molecule has 0 aliphatic heterocycles. The van der Waals surface area contributed by atoms with E-state index >= 15 is 0 Å². The molecule has 0 bridgehead atoms. The quantitative estimate of drug-likeness (QED) is 0.421. The molecule has 0 aromatic heterocycles. The van der Waals surface area contributed by atoms with Crippen molar-refractivity contribution in [1.82, 2.24) is 0 Å². The minimum atomic E-state index is -1.64. The Balaban J connectivity index is 0.000000758. The summed E-state index contributed by atoms with van der Waals surface area (Å²) >= 11 is -0.826. The van der Waals surface area contributed by atoms with Gasteiger partial charge in [0.25, 0.3) is 0 Å². The second kappa shape index (κ2) is 10.2. The van der Waals surface area contributed by atoms with Gasteiger partial charge >= 0.3 is 37.9 Å². The number of aliphatic imine (C=N–C) groups is 1. The average Bonchev–Trinajstić information content (AvgIpc) is 2.55. The predicted molar refractivity (Wildman–Crippen MR) is 113 cm³/mol. The standard InChI is InChI=1S/C20H25NOSi.2ClH.Zr/c1-23(2,3)19-13-16(15-8-5-4-6-9-15)12-17(20(19)22)14-21-18-10-7-11-18;;;/h4-6,8-9,12-14,18,22H,7,10-11H2,1-3H3;2*1H;/q;;;+2/p-2. The van der Waals surface area contributed by atoms with Crippen molar-refractivity contribution in [3.05, 3.63) is 48.0 Å². The zero-order chi connectivity index (χ0) is 19.2. The molecule has 26 heavy (non-hydrogen) atoms. The molecule has 0 saturated heterocycles. The summed E-state index contributed by atoms with van der Waals surface area (Å²) in [5, 5.41) is 11.8. The van der Waals surface area contributed by atoms with Gasteiger partial charge in [0.05, 0.1) is 8.07 Å². The van der Waals surface area contributed by atoms with Crippen molar-refractivity contribution in [2.45, 2.75) is 44.9 Å². The van der Waals surface area contributed by atoms with E-state index in [1.807, 2.05) is 12.3 Å². The average molecular weight is 486 g/mol. The molecule has 0 amide bonds. The van der Waals surface area contributed by atoms with Crippen LogP contribution < -0.4 is 5.19 Å². The first-order chi connectivity index (χ1) is 12.4. The molecule has 6 heteroatoms. The van der Waals surface area contributed by atoms with Crippen LogP contribution >= 0.6 is 17.0 Å². The van der Waals surface area contributed by atoms with E-state index in [1.54, 1.807) is 0 Å². The minimum absolute atomic E-state index is 0.423. The van der Waals surface area contributed by atoms with E-state index < -0.39 is 28.9 Å². The Hall–Kier alpha value is -0.410. The Morgan fingerprint density at radius 1 is 1.08 bits per heavy atom. The van der Waals surface area contributed by atoms with Gasteiger partial charge < -0.3 is 5.11 Å². The van der Waals surface area contributed by atoms with Gasteiger partial charge in [0, 0.05) is 17.8 Å². The number of benzene rings is 2. The predicted octanol–water partition coefficient (Wildman–Crippen LogP) is 5.95. The molecule has 2 aromatic carbocycles. The molecule has 1 N–H and O–H groups in total. The first-order valence-corrected chi connectivity index (χ1v) is 18.6. The molecule has 0 radical (unpaired) electrons. The van der Waals surface area contributed by atoms with Gasteiger partial charge in [-0.2, -0.15) is 0 Å². The van der Waals surface area contributed by atoms with Gasteiger partial charge in [-0.25, -0.2) is 0 Å². The molecule has 1 fully saturated rings. The summed E-state index contributed by atoms with van der Waals surface area (Å²) in [6.07, 6.45) is 5.51. The van der Waals surface area contributed by atoms with Crippen LogP contribution in [-0.4, -0.2) is 25.4 Å². The van der Waals surface area contributed by atoms with Crippen molar-refractivity contribution in [3.8, 4) is 16.9 Å². The number of hydrogen-bond donors (Lipinski definition) is 1. The van der Waals surface area contributed by atoms with Crippen LogP contribution in [-0.2, 0) is 20.8 Å². The third kappa shape index (κ3) is 6.05. The SMILES string of the molecule is C[Si](C)(C)c1cc(-c2ccccc2)cc(C=NC2CCC2)c1O.[Cl][Zr][Cl]. The molecule has 0 spiro atoms. The van der Waals surface area contributed by atoms with E-state index in [1.165, 1.54) is 24.8 Å². The van der Waals surface area contributed by atoms with Crippen molar-refractivity contribution < 1.29 is 26.0 Å². The van der Waals surface area contributed by atoms with Crippen molar-refractivity contribution in [3.63, 3.8) is 0 Å². The van der Waals surface area contributed by atoms with Crippen LogP contribution in [0.1, 0.15) is 24.8 Å². The van der Waals surface area contributed by atoms with Crippen LogP contribution in [0.4, 0.5) is 0 Å². The summed E-state index contributed by atoms with van der Waals surface area (Å²) in [5.74, 6) is 0.423. The topological polar surface area (TPSA) is 32.6 Å². The molecule has 1 aliphatic carbocycles. The molecule has 1 saturated carbocycles. The van der Waals surface area contributed by atoms with E-state index in [0.29, 0.717) is 11.8 Å². The number of rotatable bonds is 4. The summed E-state index contributed by atoms with van der Waals surface area (Å²) in [6.45, 7) is 6.80. The zero-order valence-corrected chi connectivity index (χ0v) is 20.4. The van der Waals surface area contributed by atoms with Gasteiger partial charge in [0.1, 0.15) is 5.75 Å². The first-order valence-electron chi connectivity index (χ1n) is 8.79. The summed E-state index contributed by atoms with van der Waals surface area (Å²) in [6, 6.07) is 15.1. The summed E-state index contributed by atoms with van der Waals surface area (Å²) in [7, 11) is 8.23. The Kier molecular flexibility index (Phi) is 8.60. The fraction of sp³-hybridized carbons (Fsp3) is 0.350. The van der Waals surface area contributed by atoms with E-state index in [4.69, 9.17) is 17.0 Å². The summed E-state index contributed by atoms with van der Waals surface area (Å²) in [4.78, 5) is 4.65. The van der Waals surface area contributed by atoms with Crippen molar-refractivity contribution in [2.75, 3.05) is 0 Å². The molecule has 138 valence electrons. The van der Waals surface area contributed by atoms with Crippen LogP contribution in [0.2, 0.25) is 19.6 Å². The third-order valence-corrected chi connectivity index (χ3v) is 6.55. The van der Waals surface area contributed by atoms with Gasteiger partial charge in [-0.1, -0.05) is 56.0 Å². The van der Waals surface area contributed by atoms with Gasteiger partial charge in [0.2, 0.25) is 0 Å². The summed E-state index contributed by atoms with van der Waals surface area (Å²) < 4.78 is 0. The van der Waals surface area contributed by atoms with Crippen molar-refractivity contribution in [2.24, 2.45) is 4.99 Å². The molecule has 2 aromatic rings. The van der Waals surface area contributed by atoms with E-state index in [2.05, 4.69) is 61.0 Å². The van der Waals surface area contributed by atoms with Crippen LogP contribution in [0.5, 0.6) is 5.75 Å². The number of aromatic hydroxyl groups is 1. The Morgan fingerprint density at radius 3 is 2.19 bits per heavy atom. The number of hydrogen-bond acceptors (Lipinski definition) is 2. The molecular formula is C20H25Cl2NOSiZr. The molecule has 2 nitrogen and oxygen atoms in total. The summed E-state index contributed by atoms with van der Waals surface area (Å²) in [5.41, 5.74) is 3.21. The van der Waals surface area contributed by atoms with Crippen LogP contribution in [0.25, 0.3) is 11.1 Å². The number of phenolic OH excluding ortho intramolecular Hbond substituents is 1. The van der Waals surface area contributed by atoms with E-state index in [0.717, 1.165) is 16.3 Å². The Morgan fingerprint density at radius 2 is 1.69 bits per heavy atom. The molecule has 3 rings (SSSR count). The number of nitrogens with zero attached hydrogens (tertiary/aromatic N) is 1. The van der Waals surface area contributed by atoms with Crippen LogP contribution in [0.3, 0.4) is 0 Å². The maximum absolute atomic E-state index is 10.7. The molecular weight excluding hydrogens is 460 g/mol. The monoisotopic (exact) mass is 483 g/mol. The zero-order valence-electron chi connectivity index (χ0n) is 15.5. The van der Waals surface area contributed by atoms with Gasteiger partial charge in [-0.05, 0) is 41.6 Å². The Bertz CT molecular complexity index is 743. The second-order valence-electron chi connectivity index (χ2n) is 7.51. The van der Waals surface area contributed by atoms with E-state index in [-0.39, 0.29) is 0 Å².